The van der Waals surface area contributed by atoms with E-state index in [0.29, 0.717) is 6.04 Å². The molecule has 16 heavy (non-hydrogen) atoms. The van der Waals surface area contributed by atoms with Crippen molar-refractivity contribution in [2.24, 2.45) is 0 Å². The van der Waals surface area contributed by atoms with E-state index in [9.17, 15) is 0 Å². The van der Waals surface area contributed by atoms with Gasteiger partial charge in [-0.25, -0.2) is 0 Å². The second-order valence-electron chi connectivity index (χ2n) is 4.16. The second-order valence-corrected chi connectivity index (χ2v) is 5.33. The number of hydrogen-bond donors (Lipinski definition) is 1. The molecule has 1 N–H and O–H groups in total. The van der Waals surface area contributed by atoms with Gasteiger partial charge in [-0.1, -0.05) is 31.5 Å². The quantitative estimate of drug-likeness (QED) is 0.543. The third kappa shape index (κ3) is 6.19. The molecule has 0 heterocycles. The van der Waals surface area contributed by atoms with Gasteiger partial charge in [-0.2, -0.15) is 0 Å². The van der Waals surface area contributed by atoms with E-state index in [-0.39, 0.29) is 0 Å². The molecule has 1 unspecified atom stereocenters. The molecule has 0 bridgehead atoms. The Hall–Kier alpha value is -0.470. The number of rotatable bonds is 8. The van der Waals surface area contributed by atoms with E-state index < -0.39 is 0 Å². The first kappa shape index (κ1) is 13.6. The lowest BCUT2D eigenvalue weighted by atomic mass is 10.2. The van der Waals surface area contributed by atoms with Crippen molar-refractivity contribution in [1.29, 1.82) is 0 Å². The van der Waals surface area contributed by atoms with Crippen molar-refractivity contribution < 1.29 is 0 Å². The van der Waals surface area contributed by atoms with Crippen molar-refractivity contribution in [2.45, 2.75) is 44.0 Å². The summed E-state index contributed by atoms with van der Waals surface area (Å²) in [6.45, 7) is 5.65. The Labute approximate surface area is 104 Å². The van der Waals surface area contributed by atoms with Gasteiger partial charge in [0.15, 0.2) is 0 Å². The molecule has 0 aliphatic carbocycles. The van der Waals surface area contributed by atoms with Gasteiger partial charge in [-0.15, -0.1) is 11.8 Å². The first-order valence-electron chi connectivity index (χ1n) is 6.24. The first-order chi connectivity index (χ1) is 7.83. The fraction of sp³-hybridized carbons (Fsp3) is 0.571. The maximum Gasteiger partial charge on any atom is 0.00719 e. The SMILES string of the molecule is CCCC(C)NCCCSc1ccccc1. The van der Waals surface area contributed by atoms with Crippen LogP contribution in [0.1, 0.15) is 33.1 Å². The number of nitrogens with one attached hydrogen (secondary N) is 1. The molecule has 0 aliphatic rings. The van der Waals surface area contributed by atoms with E-state index >= 15 is 0 Å². The van der Waals surface area contributed by atoms with Crippen LogP contribution in [0.2, 0.25) is 0 Å². The molecule has 1 nitrogen and oxygen atoms in total. The summed E-state index contributed by atoms with van der Waals surface area (Å²) in [5.74, 6) is 1.20. The minimum Gasteiger partial charge on any atom is -0.314 e. The van der Waals surface area contributed by atoms with E-state index in [0.717, 1.165) is 6.54 Å². The molecule has 1 aromatic carbocycles. The highest BCUT2D eigenvalue weighted by molar-refractivity contribution is 7.99. The predicted molar refractivity (Wildman–Crippen MR) is 74.2 cm³/mol. The normalized spacial score (nSPS) is 12.6. The molecule has 2 heteroatoms. The average Bonchev–Trinajstić information content (AvgIpc) is 2.30. The first-order valence-corrected chi connectivity index (χ1v) is 7.22. The molecule has 1 aromatic rings. The van der Waals surface area contributed by atoms with Gasteiger partial charge in [0.2, 0.25) is 0 Å². The van der Waals surface area contributed by atoms with Crippen LogP contribution in [0.5, 0.6) is 0 Å². The minimum absolute atomic E-state index is 0.673. The molecule has 0 amide bonds. The van der Waals surface area contributed by atoms with Crippen molar-refractivity contribution in [3.05, 3.63) is 30.3 Å². The van der Waals surface area contributed by atoms with Crippen molar-refractivity contribution in [1.82, 2.24) is 5.32 Å². The van der Waals surface area contributed by atoms with Crippen LogP contribution in [0.25, 0.3) is 0 Å². The summed E-state index contributed by atoms with van der Waals surface area (Å²) in [6, 6.07) is 11.3. The molecule has 0 fully saturated rings. The van der Waals surface area contributed by atoms with Crippen molar-refractivity contribution >= 4 is 11.8 Å². The van der Waals surface area contributed by atoms with Crippen LogP contribution >= 0.6 is 11.8 Å². The van der Waals surface area contributed by atoms with Crippen molar-refractivity contribution in [3.63, 3.8) is 0 Å². The lowest BCUT2D eigenvalue weighted by Gasteiger charge is -2.12. The van der Waals surface area contributed by atoms with E-state index in [1.807, 2.05) is 11.8 Å². The van der Waals surface area contributed by atoms with Crippen LogP contribution in [-0.2, 0) is 0 Å². The van der Waals surface area contributed by atoms with E-state index in [4.69, 9.17) is 0 Å². The Morgan fingerprint density at radius 3 is 2.69 bits per heavy atom. The van der Waals surface area contributed by atoms with Gasteiger partial charge < -0.3 is 5.32 Å². The van der Waals surface area contributed by atoms with Gasteiger partial charge in [0, 0.05) is 10.9 Å². The monoisotopic (exact) mass is 237 g/mol. The number of benzene rings is 1. The Morgan fingerprint density at radius 2 is 2.00 bits per heavy atom. The van der Waals surface area contributed by atoms with Gasteiger partial charge >= 0.3 is 0 Å². The molecule has 0 radical (unpaired) electrons. The van der Waals surface area contributed by atoms with Gasteiger partial charge in [0.25, 0.3) is 0 Å². The molecule has 0 saturated heterocycles. The predicted octanol–water partition coefficient (Wildman–Crippen LogP) is 3.95. The highest BCUT2D eigenvalue weighted by Gasteiger charge is 1.98. The summed E-state index contributed by atoms with van der Waals surface area (Å²) >= 11 is 1.95. The Morgan fingerprint density at radius 1 is 1.25 bits per heavy atom. The summed E-state index contributed by atoms with van der Waals surface area (Å²) < 4.78 is 0. The average molecular weight is 237 g/mol. The van der Waals surface area contributed by atoms with Crippen LogP contribution in [0.4, 0.5) is 0 Å². The molecular weight excluding hydrogens is 214 g/mol. The maximum atomic E-state index is 3.56. The second kappa shape index (κ2) is 8.66. The van der Waals surface area contributed by atoms with Crippen LogP contribution in [0, 0.1) is 0 Å². The van der Waals surface area contributed by atoms with Crippen molar-refractivity contribution in [2.75, 3.05) is 12.3 Å². The van der Waals surface area contributed by atoms with Gasteiger partial charge in [-0.3, -0.25) is 0 Å². The smallest absolute Gasteiger partial charge is 0.00719 e. The summed E-state index contributed by atoms with van der Waals surface area (Å²) in [5, 5.41) is 3.56. The third-order valence-electron chi connectivity index (χ3n) is 2.55. The van der Waals surface area contributed by atoms with Crippen LogP contribution in [0.3, 0.4) is 0 Å². The van der Waals surface area contributed by atoms with Gasteiger partial charge in [0.1, 0.15) is 0 Å². The lowest BCUT2D eigenvalue weighted by Crippen LogP contribution is -2.26. The van der Waals surface area contributed by atoms with Gasteiger partial charge in [0.05, 0.1) is 0 Å². The summed E-state index contributed by atoms with van der Waals surface area (Å²) in [4.78, 5) is 1.38. The van der Waals surface area contributed by atoms with Gasteiger partial charge in [-0.05, 0) is 44.2 Å². The van der Waals surface area contributed by atoms with Crippen molar-refractivity contribution in [3.8, 4) is 0 Å². The molecule has 0 aliphatic heterocycles. The van der Waals surface area contributed by atoms with E-state index in [2.05, 4.69) is 49.5 Å². The third-order valence-corrected chi connectivity index (χ3v) is 3.65. The highest BCUT2D eigenvalue weighted by atomic mass is 32.2. The Balaban J connectivity index is 2.00. The Kier molecular flexibility index (Phi) is 7.35. The molecule has 1 rings (SSSR count). The number of thioether (sulfide) groups is 1. The van der Waals surface area contributed by atoms with Crippen LogP contribution in [0.15, 0.2) is 35.2 Å². The summed E-state index contributed by atoms with van der Waals surface area (Å²) in [6.07, 6.45) is 3.80. The van der Waals surface area contributed by atoms with Crippen LogP contribution in [-0.4, -0.2) is 18.3 Å². The zero-order valence-electron chi connectivity index (χ0n) is 10.4. The molecule has 0 spiro atoms. The van der Waals surface area contributed by atoms with E-state index in [1.54, 1.807) is 0 Å². The molecule has 0 aromatic heterocycles. The fourth-order valence-corrected chi connectivity index (χ4v) is 2.54. The fourth-order valence-electron chi connectivity index (χ4n) is 1.66. The molecule has 0 saturated carbocycles. The number of hydrogen-bond acceptors (Lipinski definition) is 2. The molecule has 1 atom stereocenters. The molecular formula is C14H23NS. The lowest BCUT2D eigenvalue weighted by molar-refractivity contribution is 0.509. The topological polar surface area (TPSA) is 12.0 Å². The maximum absolute atomic E-state index is 3.56. The Bertz CT molecular complexity index is 261. The summed E-state index contributed by atoms with van der Waals surface area (Å²) in [5.41, 5.74) is 0. The largest absolute Gasteiger partial charge is 0.314 e. The molecule has 90 valence electrons. The van der Waals surface area contributed by atoms with Crippen LogP contribution < -0.4 is 5.32 Å². The minimum atomic E-state index is 0.673. The zero-order chi connectivity index (χ0) is 11.6. The van der Waals surface area contributed by atoms with E-state index in [1.165, 1.54) is 29.9 Å². The summed E-state index contributed by atoms with van der Waals surface area (Å²) in [7, 11) is 0. The standard InChI is InChI=1S/C14H23NS/c1-3-8-13(2)15-11-7-12-16-14-9-5-4-6-10-14/h4-6,9-10,13,15H,3,7-8,11-12H2,1-2H3. The zero-order valence-corrected chi connectivity index (χ0v) is 11.2. The highest BCUT2D eigenvalue weighted by Crippen LogP contribution is 2.17.